The minimum atomic E-state index is -0.506. The van der Waals surface area contributed by atoms with E-state index in [1.54, 1.807) is 12.1 Å². The summed E-state index contributed by atoms with van der Waals surface area (Å²) >= 11 is 5.99. The summed E-state index contributed by atoms with van der Waals surface area (Å²) in [6.45, 7) is 4.04. The van der Waals surface area contributed by atoms with E-state index in [0.717, 1.165) is 41.7 Å². The zero-order valence-corrected chi connectivity index (χ0v) is 17.1. The lowest BCUT2D eigenvalue weighted by molar-refractivity contribution is 0.0729. The maximum atomic E-state index is 12.6. The van der Waals surface area contributed by atoms with Crippen LogP contribution in [0.1, 0.15) is 52.7 Å². The second-order valence-corrected chi connectivity index (χ2v) is 7.53. The van der Waals surface area contributed by atoms with Gasteiger partial charge in [0.05, 0.1) is 5.56 Å². The Kier molecular flexibility index (Phi) is 5.49. The lowest BCUT2D eigenvalue weighted by Gasteiger charge is -2.15. The fraction of sp³-hybridized carbons (Fsp3) is 0.261. The van der Waals surface area contributed by atoms with Crippen LogP contribution < -0.4 is 9.47 Å². The first kappa shape index (κ1) is 19.4. The number of para-hydroxylation sites is 1. The Morgan fingerprint density at radius 2 is 1.90 bits per heavy atom. The van der Waals surface area contributed by atoms with E-state index in [1.165, 1.54) is 6.07 Å². The summed E-state index contributed by atoms with van der Waals surface area (Å²) in [4.78, 5) is 12.6. The first-order valence-electron chi connectivity index (χ1n) is 9.67. The van der Waals surface area contributed by atoms with Gasteiger partial charge in [-0.3, -0.25) is 0 Å². The third-order valence-corrected chi connectivity index (χ3v) is 5.14. The van der Waals surface area contributed by atoms with Crippen LogP contribution in [0.15, 0.2) is 48.5 Å². The van der Waals surface area contributed by atoms with Crippen LogP contribution in [-0.4, -0.2) is 16.2 Å². The fourth-order valence-corrected chi connectivity index (χ4v) is 3.28. The van der Waals surface area contributed by atoms with E-state index in [0.29, 0.717) is 11.5 Å². The summed E-state index contributed by atoms with van der Waals surface area (Å²) in [5.41, 5.74) is 3.70. The molecule has 0 aliphatic heterocycles. The van der Waals surface area contributed by atoms with Crippen molar-refractivity contribution < 1.29 is 14.3 Å². The van der Waals surface area contributed by atoms with E-state index in [9.17, 15) is 4.79 Å². The van der Waals surface area contributed by atoms with Gasteiger partial charge in [-0.1, -0.05) is 48.9 Å². The average Bonchev–Trinajstić information content (AvgIpc) is 3.56. The van der Waals surface area contributed by atoms with Gasteiger partial charge >= 0.3 is 5.97 Å². The Labute approximate surface area is 174 Å². The van der Waals surface area contributed by atoms with Crippen molar-refractivity contribution >= 4 is 17.6 Å². The number of carbonyl (C=O) groups excluding carboxylic acids is 1. The number of nitrogens with zero attached hydrogens (tertiary/aromatic N) is 2. The first-order chi connectivity index (χ1) is 14.0. The Morgan fingerprint density at radius 3 is 2.59 bits per heavy atom. The lowest BCUT2D eigenvalue weighted by Crippen LogP contribution is -2.10. The van der Waals surface area contributed by atoms with Crippen LogP contribution in [0.5, 0.6) is 17.4 Å². The lowest BCUT2D eigenvalue weighted by atomic mass is 10.1. The quantitative estimate of drug-likeness (QED) is 0.476. The highest BCUT2D eigenvalue weighted by Crippen LogP contribution is 2.46. The molecule has 1 aromatic heterocycles. The summed E-state index contributed by atoms with van der Waals surface area (Å²) in [6.07, 6.45) is 3.18. The zero-order valence-electron chi connectivity index (χ0n) is 16.3. The van der Waals surface area contributed by atoms with Crippen molar-refractivity contribution in [3.05, 3.63) is 75.9 Å². The average molecular weight is 409 g/mol. The van der Waals surface area contributed by atoms with Crippen molar-refractivity contribution in [2.45, 2.75) is 39.0 Å². The topological polar surface area (TPSA) is 61.3 Å². The van der Waals surface area contributed by atoms with E-state index in [2.05, 4.69) is 23.2 Å². The van der Waals surface area contributed by atoms with E-state index in [-0.39, 0.29) is 16.8 Å². The van der Waals surface area contributed by atoms with Crippen molar-refractivity contribution in [1.29, 1.82) is 0 Å². The maximum Gasteiger partial charge on any atom is 0.343 e. The molecule has 1 aliphatic carbocycles. The van der Waals surface area contributed by atoms with Crippen LogP contribution in [0.4, 0.5) is 0 Å². The van der Waals surface area contributed by atoms with Gasteiger partial charge in [-0.15, -0.1) is 10.2 Å². The van der Waals surface area contributed by atoms with Gasteiger partial charge in [0.1, 0.15) is 5.75 Å². The second kappa shape index (κ2) is 8.21. The molecular formula is C23H21ClN2O3. The van der Waals surface area contributed by atoms with Crippen LogP contribution >= 0.6 is 11.6 Å². The van der Waals surface area contributed by atoms with Gasteiger partial charge in [0.2, 0.25) is 0 Å². The molecule has 3 aromatic rings. The van der Waals surface area contributed by atoms with Gasteiger partial charge in [-0.05, 0) is 60.9 Å². The molecule has 29 heavy (non-hydrogen) atoms. The predicted molar refractivity (Wildman–Crippen MR) is 111 cm³/mol. The Balaban J connectivity index is 1.62. The molecule has 2 aromatic carbocycles. The summed E-state index contributed by atoms with van der Waals surface area (Å²) in [6, 6.07) is 14.8. The molecule has 4 rings (SSSR count). The van der Waals surface area contributed by atoms with Crippen molar-refractivity contribution in [1.82, 2.24) is 10.2 Å². The molecule has 0 unspecified atom stereocenters. The number of aryl methyl sites for hydroxylation is 2. The Bertz CT molecular complexity index is 1050. The molecule has 0 atom stereocenters. The van der Waals surface area contributed by atoms with Crippen LogP contribution in [0.2, 0.25) is 5.15 Å². The standard InChI is InChI=1S/C23H21ClN2O3/c1-3-15-7-9-17(10-8-15)23(27)28-19-13-20(24)25-26-22(19)29-21-14(2)5-4-6-18(21)16-11-12-16/h4-10,13,16H,3,11-12H2,1-2H3. The van der Waals surface area contributed by atoms with Crippen molar-refractivity contribution in [3.63, 3.8) is 0 Å². The minimum Gasteiger partial charge on any atom is -0.434 e. The molecule has 0 radical (unpaired) electrons. The smallest absolute Gasteiger partial charge is 0.343 e. The third kappa shape index (κ3) is 4.40. The molecule has 0 spiro atoms. The van der Waals surface area contributed by atoms with E-state index in [4.69, 9.17) is 21.1 Å². The van der Waals surface area contributed by atoms with Gasteiger partial charge < -0.3 is 9.47 Å². The molecular weight excluding hydrogens is 388 g/mol. The van der Waals surface area contributed by atoms with Gasteiger partial charge in [-0.2, -0.15) is 0 Å². The second-order valence-electron chi connectivity index (χ2n) is 7.15. The largest absolute Gasteiger partial charge is 0.434 e. The number of benzene rings is 2. The zero-order chi connectivity index (χ0) is 20.4. The number of rotatable bonds is 6. The molecule has 148 valence electrons. The van der Waals surface area contributed by atoms with Gasteiger partial charge in [0.15, 0.2) is 10.9 Å². The molecule has 5 nitrogen and oxygen atoms in total. The first-order valence-corrected chi connectivity index (χ1v) is 10.0. The number of esters is 1. The van der Waals surface area contributed by atoms with Crippen LogP contribution in [0.3, 0.4) is 0 Å². The highest BCUT2D eigenvalue weighted by Gasteiger charge is 2.28. The number of carbonyl (C=O) groups is 1. The summed E-state index contributed by atoms with van der Waals surface area (Å²) in [5, 5.41) is 8.00. The van der Waals surface area contributed by atoms with E-state index in [1.807, 2.05) is 31.2 Å². The molecule has 0 saturated heterocycles. The van der Waals surface area contributed by atoms with E-state index < -0.39 is 5.97 Å². The Morgan fingerprint density at radius 1 is 1.14 bits per heavy atom. The summed E-state index contributed by atoms with van der Waals surface area (Å²) < 4.78 is 11.7. The molecule has 6 heteroatoms. The molecule has 1 heterocycles. The molecule has 1 aliphatic rings. The minimum absolute atomic E-state index is 0.115. The van der Waals surface area contributed by atoms with Gasteiger partial charge in [0, 0.05) is 6.07 Å². The van der Waals surface area contributed by atoms with Gasteiger partial charge in [0.25, 0.3) is 5.88 Å². The third-order valence-electron chi connectivity index (χ3n) is 4.96. The van der Waals surface area contributed by atoms with E-state index >= 15 is 0 Å². The predicted octanol–water partition coefficient (Wildman–Crippen LogP) is 5.89. The van der Waals surface area contributed by atoms with Crippen molar-refractivity contribution in [2.24, 2.45) is 0 Å². The number of ether oxygens (including phenoxy) is 2. The number of hydrogen-bond donors (Lipinski definition) is 0. The SMILES string of the molecule is CCc1ccc(C(=O)Oc2cc(Cl)nnc2Oc2c(C)cccc2C2CC2)cc1. The molecule has 0 amide bonds. The fourth-order valence-electron chi connectivity index (χ4n) is 3.15. The molecule has 0 N–H and O–H groups in total. The molecule has 1 saturated carbocycles. The Hall–Kier alpha value is -2.92. The monoisotopic (exact) mass is 408 g/mol. The number of aromatic nitrogens is 2. The maximum absolute atomic E-state index is 12.6. The summed E-state index contributed by atoms with van der Waals surface area (Å²) in [5.74, 6) is 0.974. The molecule has 1 fully saturated rings. The number of hydrogen-bond acceptors (Lipinski definition) is 5. The van der Waals surface area contributed by atoms with Crippen LogP contribution in [0, 0.1) is 6.92 Å². The highest BCUT2D eigenvalue weighted by molar-refractivity contribution is 6.29. The van der Waals surface area contributed by atoms with Crippen LogP contribution in [0.25, 0.3) is 0 Å². The van der Waals surface area contributed by atoms with Crippen LogP contribution in [-0.2, 0) is 6.42 Å². The van der Waals surface area contributed by atoms with Crippen molar-refractivity contribution in [3.8, 4) is 17.4 Å². The number of halogens is 1. The van der Waals surface area contributed by atoms with Crippen molar-refractivity contribution in [2.75, 3.05) is 0 Å². The highest BCUT2D eigenvalue weighted by atomic mass is 35.5. The van der Waals surface area contributed by atoms with Gasteiger partial charge in [-0.25, -0.2) is 4.79 Å². The summed E-state index contributed by atoms with van der Waals surface area (Å²) in [7, 11) is 0. The molecule has 0 bridgehead atoms. The normalized spacial score (nSPS) is 13.2.